The summed E-state index contributed by atoms with van der Waals surface area (Å²) in [7, 11) is 1.59. The highest BCUT2D eigenvalue weighted by Gasteiger charge is 2.51. The van der Waals surface area contributed by atoms with Crippen LogP contribution in [0.1, 0.15) is 12.0 Å². The first-order chi connectivity index (χ1) is 16.9. The van der Waals surface area contributed by atoms with Crippen molar-refractivity contribution in [1.29, 1.82) is 0 Å². The maximum atomic E-state index is 12.9. The molecule has 2 amide bonds. The van der Waals surface area contributed by atoms with Gasteiger partial charge in [0.25, 0.3) is 0 Å². The summed E-state index contributed by atoms with van der Waals surface area (Å²) in [6, 6.07) is 6.85. The van der Waals surface area contributed by atoms with Crippen LogP contribution in [-0.2, 0) is 25.7 Å². The van der Waals surface area contributed by atoms with Crippen molar-refractivity contribution in [3.8, 4) is 5.75 Å². The number of likely N-dealkylation sites (tertiary alicyclic amines) is 1. The number of halogens is 3. The van der Waals surface area contributed by atoms with Gasteiger partial charge in [-0.15, -0.1) is 11.8 Å². The fourth-order valence-corrected chi connectivity index (χ4v) is 5.10. The maximum Gasteiger partial charge on any atom is 0.490 e. The third-order valence-corrected chi connectivity index (χ3v) is 6.92. The highest BCUT2D eigenvalue weighted by Crippen LogP contribution is 2.40. The molecule has 36 heavy (non-hydrogen) atoms. The number of aliphatic carboxylic acids is 2. The molecule has 1 aromatic carbocycles. The van der Waals surface area contributed by atoms with E-state index in [0.717, 1.165) is 11.3 Å². The van der Waals surface area contributed by atoms with E-state index < -0.39 is 30.1 Å². The Hall–Kier alpha value is -3.52. The summed E-state index contributed by atoms with van der Waals surface area (Å²) in [6.07, 6.45) is -2.93. The number of fused-ring (bicyclic) bond motifs is 1. The Kier molecular flexibility index (Phi) is 7.99. The van der Waals surface area contributed by atoms with Gasteiger partial charge in [0.1, 0.15) is 22.9 Å². The number of para-hydroxylation sites is 1. The van der Waals surface area contributed by atoms with Gasteiger partial charge in [0.05, 0.1) is 7.11 Å². The lowest BCUT2D eigenvalue weighted by Crippen LogP contribution is -2.68. The number of thioether (sulfide) groups is 1. The van der Waals surface area contributed by atoms with E-state index >= 15 is 0 Å². The van der Waals surface area contributed by atoms with E-state index in [9.17, 15) is 32.7 Å². The van der Waals surface area contributed by atoms with E-state index in [4.69, 9.17) is 20.4 Å². The molecule has 2 atom stereocenters. The van der Waals surface area contributed by atoms with Crippen molar-refractivity contribution in [2.45, 2.75) is 30.6 Å². The Labute approximate surface area is 207 Å². The molecule has 194 valence electrons. The van der Waals surface area contributed by atoms with Crippen molar-refractivity contribution < 1.29 is 47.3 Å². The number of hydrogen-bond acceptors (Lipinski definition) is 7. The molecular formula is C22H22F3N3O7S. The minimum Gasteiger partial charge on any atom is -0.496 e. The van der Waals surface area contributed by atoms with E-state index in [1.165, 1.54) is 16.7 Å². The van der Waals surface area contributed by atoms with Crippen molar-refractivity contribution in [3.05, 3.63) is 52.7 Å². The van der Waals surface area contributed by atoms with Gasteiger partial charge in [-0.05, 0) is 24.1 Å². The fraction of sp³-hybridized carbons (Fsp3) is 0.364. The lowest BCUT2D eigenvalue weighted by molar-refractivity contribution is -0.192. The van der Waals surface area contributed by atoms with Gasteiger partial charge in [0, 0.05) is 30.0 Å². The second-order valence-corrected chi connectivity index (χ2v) is 8.98. The number of nitrogens with two attached hydrogens (primary N) is 1. The third-order valence-electron chi connectivity index (χ3n) is 5.60. The average molecular weight is 529 g/mol. The number of rotatable bonds is 5. The molecule has 0 radical (unpaired) electrons. The zero-order valence-electron chi connectivity index (χ0n) is 18.8. The number of carboxylic acids is 2. The molecule has 1 aromatic rings. The number of methoxy groups -OCH3 is 1. The van der Waals surface area contributed by atoms with Crippen LogP contribution in [-0.4, -0.2) is 80.8 Å². The number of amides is 2. The predicted octanol–water partition coefficient (Wildman–Crippen LogP) is 1.57. The molecule has 0 aromatic heterocycles. The number of β-lactam (4-membered cyclic amide) rings is 1. The van der Waals surface area contributed by atoms with E-state index in [1.807, 2.05) is 24.3 Å². The number of alkyl halides is 3. The molecule has 4 rings (SSSR count). The van der Waals surface area contributed by atoms with E-state index in [1.54, 1.807) is 18.1 Å². The molecule has 0 unspecified atom stereocenters. The Morgan fingerprint density at radius 2 is 1.89 bits per heavy atom. The molecule has 3 heterocycles. The lowest BCUT2D eigenvalue weighted by atomic mass is 10.0. The Balaban J connectivity index is 0.000000454. The minimum absolute atomic E-state index is 0.0658. The average Bonchev–Trinajstić information content (AvgIpc) is 3.17. The SMILES string of the molecule is COc1ccccc1CN1CC/C(=C\C2=C(C(=O)O)N3C(=O)[C@@H](N)[C@H]3SC2)C1=O.O=C(O)C(F)(F)F. The first-order valence-electron chi connectivity index (χ1n) is 10.4. The molecule has 3 aliphatic rings. The maximum absolute atomic E-state index is 12.9. The molecule has 0 saturated carbocycles. The largest absolute Gasteiger partial charge is 0.496 e. The fourth-order valence-electron chi connectivity index (χ4n) is 3.85. The number of allylic oxidation sites excluding steroid dienone is 1. The van der Waals surface area contributed by atoms with Gasteiger partial charge in [-0.3, -0.25) is 14.5 Å². The molecule has 2 saturated heterocycles. The molecular weight excluding hydrogens is 507 g/mol. The number of nitrogens with zero attached hydrogens (tertiary/aromatic N) is 2. The second kappa shape index (κ2) is 10.6. The van der Waals surface area contributed by atoms with Crippen molar-refractivity contribution in [2.24, 2.45) is 5.73 Å². The van der Waals surface area contributed by atoms with Crippen LogP contribution < -0.4 is 10.5 Å². The highest BCUT2D eigenvalue weighted by molar-refractivity contribution is 8.00. The van der Waals surface area contributed by atoms with E-state index in [-0.39, 0.29) is 17.0 Å². The van der Waals surface area contributed by atoms with Gasteiger partial charge in [-0.1, -0.05) is 18.2 Å². The summed E-state index contributed by atoms with van der Waals surface area (Å²) in [4.78, 5) is 48.6. The number of benzene rings is 1. The Morgan fingerprint density at radius 1 is 1.25 bits per heavy atom. The normalized spacial score (nSPS) is 22.6. The molecule has 2 fully saturated rings. The van der Waals surface area contributed by atoms with E-state index in [0.29, 0.717) is 36.4 Å². The van der Waals surface area contributed by atoms with Crippen LogP contribution in [0, 0.1) is 0 Å². The van der Waals surface area contributed by atoms with Crippen LogP contribution >= 0.6 is 11.8 Å². The number of ether oxygens (including phenoxy) is 1. The monoisotopic (exact) mass is 529 g/mol. The number of carbonyl (C=O) groups excluding carboxylic acids is 2. The standard InChI is InChI=1S/C20H21N3O5S.C2HF3O2/c1-28-14-5-3-2-4-12(14)9-22-7-6-11(17(22)24)8-13-10-29-19-15(21)18(25)23(19)16(13)20(26)27;3-2(4,5)1(6)7/h2-5,8,15,19H,6-7,9-10,21H2,1H3,(H,26,27);(H,6,7)/b11-8+;/t15-,19-;/m1./s1. The van der Waals surface area contributed by atoms with Crippen LogP contribution in [0.2, 0.25) is 0 Å². The summed E-state index contributed by atoms with van der Waals surface area (Å²) >= 11 is 1.42. The third kappa shape index (κ3) is 5.49. The Morgan fingerprint density at radius 3 is 2.47 bits per heavy atom. The highest BCUT2D eigenvalue weighted by atomic mass is 32.2. The molecule has 0 aliphatic carbocycles. The van der Waals surface area contributed by atoms with Crippen LogP contribution in [0.5, 0.6) is 5.75 Å². The topological polar surface area (TPSA) is 150 Å². The van der Waals surface area contributed by atoms with Crippen LogP contribution in [0.3, 0.4) is 0 Å². The Bertz CT molecular complexity index is 1150. The van der Waals surface area contributed by atoms with Crippen LogP contribution in [0.4, 0.5) is 13.2 Å². The van der Waals surface area contributed by atoms with Gasteiger partial charge in [-0.25, -0.2) is 9.59 Å². The van der Waals surface area contributed by atoms with E-state index in [2.05, 4.69) is 0 Å². The zero-order chi connectivity index (χ0) is 26.8. The summed E-state index contributed by atoms with van der Waals surface area (Å²) in [5, 5.41) is 16.4. The second-order valence-electron chi connectivity index (χ2n) is 7.88. The molecule has 0 bridgehead atoms. The summed E-state index contributed by atoms with van der Waals surface area (Å²) in [5.41, 5.74) is 7.63. The van der Waals surface area contributed by atoms with Gasteiger partial charge in [0.2, 0.25) is 11.8 Å². The van der Waals surface area contributed by atoms with Gasteiger partial charge in [0.15, 0.2) is 0 Å². The zero-order valence-corrected chi connectivity index (χ0v) is 19.6. The first-order valence-corrected chi connectivity index (χ1v) is 11.5. The molecule has 3 aliphatic heterocycles. The van der Waals surface area contributed by atoms with Gasteiger partial charge >= 0.3 is 18.1 Å². The molecule has 0 spiro atoms. The lowest BCUT2D eigenvalue weighted by Gasteiger charge is -2.47. The quantitative estimate of drug-likeness (QED) is 0.381. The van der Waals surface area contributed by atoms with Gasteiger partial charge < -0.3 is 25.6 Å². The van der Waals surface area contributed by atoms with Gasteiger partial charge in [-0.2, -0.15) is 13.2 Å². The van der Waals surface area contributed by atoms with Crippen molar-refractivity contribution in [3.63, 3.8) is 0 Å². The van der Waals surface area contributed by atoms with Crippen molar-refractivity contribution >= 4 is 35.5 Å². The van der Waals surface area contributed by atoms with Crippen LogP contribution in [0.15, 0.2) is 47.2 Å². The van der Waals surface area contributed by atoms with Crippen molar-refractivity contribution in [1.82, 2.24) is 9.80 Å². The van der Waals surface area contributed by atoms with Crippen LogP contribution in [0.25, 0.3) is 0 Å². The predicted molar refractivity (Wildman–Crippen MR) is 121 cm³/mol. The molecule has 4 N–H and O–H groups in total. The summed E-state index contributed by atoms with van der Waals surface area (Å²) in [6.45, 7) is 0.961. The summed E-state index contributed by atoms with van der Waals surface area (Å²) in [5.74, 6) is -3.35. The number of carboxylic acid groups (broad SMARTS) is 2. The van der Waals surface area contributed by atoms with Crippen molar-refractivity contribution in [2.75, 3.05) is 19.4 Å². The summed E-state index contributed by atoms with van der Waals surface area (Å²) < 4.78 is 37.1. The smallest absolute Gasteiger partial charge is 0.490 e. The first kappa shape index (κ1) is 27.1. The number of carbonyl (C=O) groups is 4. The number of hydrogen-bond donors (Lipinski definition) is 3. The minimum atomic E-state index is -5.08. The molecule has 14 heteroatoms. The molecule has 10 nitrogen and oxygen atoms in total.